The van der Waals surface area contributed by atoms with E-state index in [4.69, 9.17) is 0 Å². The van der Waals surface area contributed by atoms with Gasteiger partial charge in [0.15, 0.2) is 0 Å². The molecule has 0 aromatic heterocycles. The van der Waals surface area contributed by atoms with Crippen LogP contribution in [0.2, 0.25) is 0 Å². The van der Waals surface area contributed by atoms with E-state index in [1.807, 2.05) is 32.9 Å². The van der Waals surface area contributed by atoms with E-state index >= 15 is 0 Å². The van der Waals surface area contributed by atoms with Crippen LogP contribution in [0.3, 0.4) is 0 Å². The molecule has 120 valence electrons. The van der Waals surface area contributed by atoms with Crippen molar-refractivity contribution in [2.75, 3.05) is 10.6 Å². The number of amides is 2. The summed E-state index contributed by atoms with van der Waals surface area (Å²) in [6.07, 6.45) is 0. The highest BCUT2D eigenvalue weighted by molar-refractivity contribution is 6.01. The van der Waals surface area contributed by atoms with Gasteiger partial charge in [-0.15, -0.1) is 0 Å². The number of nitro benzene ring substituents is 1. The Balaban J connectivity index is 2.18. The van der Waals surface area contributed by atoms with Crippen LogP contribution < -0.4 is 10.6 Å². The fraction of sp³-hybridized carbons (Fsp3) is 0.235. The molecular weight excluding hydrogens is 294 g/mol. The molecule has 0 aliphatic heterocycles. The van der Waals surface area contributed by atoms with Gasteiger partial charge in [0, 0.05) is 23.0 Å². The molecule has 2 aromatic rings. The number of benzene rings is 2. The molecule has 0 bridgehead atoms. The van der Waals surface area contributed by atoms with Crippen LogP contribution in [-0.2, 0) is 0 Å². The van der Waals surface area contributed by atoms with Crippen LogP contribution in [0.25, 0.3) is 0 Å². The molecule has 2 rings (SSSR count). The summed E-state index contributed by atoms with van der Waals surface area (Å²) >= 11 is 0. The van der Waals surface area contributed by atoms with Crippen LogP contribution in [0.5, 0.6) is 0 Å². The molecule has 0 radical (unpaired) electrons. The van der Waals surface area contributed by atoms with E-state index in [1.165, 1.54) is 6.07 Å². The zero-order valence-electron chi connectivity index (χ0n) is 13.6. The lowest BCUT2D eigenvalue weighted by Crippen LogP contribution is -2.20. The summed E-state index contributed by atoms with van der Waals surface area (Å²) in [6, 6.07) is 8.13. The van der Waals surface area contributed by atoms with Gasteiger partial charge in [-0.05, 0) is 44.9 Å². The molecule has 2 amide bonds. The molecule has 23 heavy (non-hydrogen) atoms. The molecule has 0 saturated heterocycles. The number of rotatable bonds is 3. The average Bonchev–Trinajstić information content (AvgIpc) is 2.44. The number of carbonyl (C=O) groups excluding carboxylic acids is 1. The molecule has 0 aliphatic carbocycles. The van der Waals surface area contributed by atoms with Crippen molar-refractivity contribution in [1.29, 1.82) is 0 Å². The van der Waals surface area contributed by atoms with Crippen molar-refractivity contribution in [3.63, 3.8) is 0 Å². The van der Waals surface area contributed by atoms with Crippen molar-refractivity contribution in [1.82, 2.24) is 0 Å². The minimum Gasteiger partial charge on any atom is -0.307 e. The van der Waals surface area contributed by atoms with Gasteiger partial charge in [-0.1, -0.05) is 23.8 Å². The van der Waals surface area contributed by atoms with Crippen molar-refractivity contribution < 1.29 is 9.72 Å². The molecular formula is C17H19N3O3. The zero-order chi connectivity index (χ0) is 17.1. The molecule has 0 heterocycles. The van der Waals surface area contributed by atoms with Crippen molar-refractivity contribution in [3.05, 3.63) is 62.7 Å². The van der Waals surface area contributed by atoms with Gasteiger partial charge in [-0.3, -0.25) is 10.1 Å². The van der Waals surface area contributed by atoms with Gasteiger partial charge in [0.1, 0.15) is 0 Å². The average molecular weight is 313 g/mol. The molecule has 2 aromatic carbocycles. The molecule has 0 fully saturated rings. The molecule has 6 heteroatoms. The summed E-state index contributed by atoms with van der Waals surface area (Å²) in [5.41, 5.74) is 4.70. The molecule has 0 spiro atoms. The molecule has 0 saturated carbocycles. The number of urea groups is 1. The first-order chi connectivity index (χ1) is 10.8. The van der Waals surface area contributed by atoms with Gasteiger partial charge < -0.3 is 10.6 Å². The predicted octanol–water partition coefficient (Wildman–Crippen LogP) is 4.47. The van der Waals surface area contributed by atoms with Crippen LogP contribution >= 0.6 is 0 Å². The number of aryl methyl sites for hydroxylation is 4. The van der Waals surface area contributed by atoms with Gasteiger partial charge in [-0.2, -0.15) is 0 Å². The van der Waals surface area contributed by atoms with Crippen molar-refractivity contribution in [3.8, 4) is 0 Å². The smallest absolute Gasteiger partial charge is 0.307 e. The Bertz CT molecular complexity index is 762. The Kier molecular flexibility index (Phi) is 4.64. The van der Waals surface area contributed by atoms with E-state index in [1.54, 1.807) is 19.1 Å². The number of nitrogens with one attached hydrogen (secondary N) is 2. The summed E-state index contributed by atoms with van der Waals surface area (Å²) in [7, 11) is 0. The van der Waals surface area contributed by atoms with Crippen LogP contribution in [0.4, 0.5) is 21.9 Å². The Morgan fingerprint density at radius 1 is 0.957 bits per heavy atom. The summed E-state index contributed by atoms with van der Waals surface area (Å²) in [5, 5.41) is 16.4. The van der Waals surface area contributed by atoms with Crippen molar-refractivity contribution in [2.45, 2.75) is 27.7 Å². The first kappa shape index (κ1) is 16.5. The van der Waals surface area contributed by atoms with E-state index in [0.717, 1.165) is 22.4 Å². The van der Waals surface area contributed by atoms with Crippen LogP contribution in [-0.4, -0.2) is 11.0 Å². The summed E-state index contributed by atoms with van der Waals surface area (Å²) < 4.78 is 0. The zero-order valence-corrected chi connectivity index (χ0v) is 13.6. The number of hydrogen-bond donors (Lipinski definition) is 2. The molecule has 2 N–H and O–H groups in total. The topological polar surface area (TPSA) is 84.3 Å². The largest absolute Gasteiger partial charge is 0.323 e. The third-order valence-electron chi connectivity index (χ3n) is 3.58. The number of hydrogen-bond acceptors (Lipinski definition) is 3. The fourth-order valence-corrected chi connectivity index (χ4v) is 2.54. The predicted molar refractivity (Wildman–Crippen MR) is 91.1 cm³/mol. The lowest BCUT2D eigenvalue weighted by Gasteiger charge is -2.13. The molecule has 0 aliphatic rings. The second-order valence-corrected chi connectivity index (χ2v) is 5.61. The first-order valence-electron chi connectivity index (χ1n) is 7.19. The van der Waals surface area contributed by atoms with Crippen molar-refractivity contribution >= 4 is 23.1 Å². The quantitative estimate of drug-likeness (QED) is 0.647. The van der Waals surface area contributed by atoms with Crippen molar-refractivity contribution in [2.24, 2.45) is 0 Å². The molecule has 0 atom stereocenters. The standard InChI is InChI=1S/C17H19N3O3/c1-10-7-12(3)16(13(4)8-10)19-17(21)18-14-6-5-11(2)15(9-14)20(22)23/h5-9H,1-4H3,(H2,18,19,21). The van der Waals surface area contributed by atoms with Gasteiger partial charge in [-0.25, -0.2) is 4.79 Å². The summed E-state index contributed by atoms with van der Waals surface area (Å²) in [4.78, 5) is 22.6. The van der Waals surface area contributed by atoms with E-state index in [9.17, 15) is 14.9 Å². The van der Waals surface area contributed by atoms with Crippen LogP contribution in [0.1, 0.15) is 22.3 Å². The van der Waals surface area contributed by atoms with Gasteiger partial charge in [0.05, 0.1) is 4.92 Å². The lowest BCUT2D eigenvalue weighted by molar-refractivity contribution is -0.385. The SMILES string of the molecule is Cc1cc(C)c(NC(=O)Nc2ccc(C)c([N+](=O)[O-])c2)c(C)c1. The second kappa shape index (κ2) is 6.48. The van der Waals surface area contributed by atoms with E-state index in [0.29, 0.717) is 11.3 Å². The number of nitro groups is 1. The summed E-state index contributed by atoms with van der Waals surface area (Å²) in [6.45, 7) is 7.49. The summed E-state index contributed by atoms with van der Waals surface area (Å²) in [5.74, 6) is 0. The Morgan fingerprint density at radius 3 is 2.13 bits per heavy atom. The van der Waals surface area contributed by atoms with Gasteiger partial charge >= 0.3 is 6.03 Å². The Labute approximate surface area is 134 Å². The second-order valence-electron chi connectivity index (χ2n) is 5.61. The maximum atomic E-state index is 12.1. The van der Waals surface area contributed by atoms with E-state index in [2.05, 4.69) is 10.6 Å². The normalized spacial score (nSPS) is 10.3. The number of nitrogens with zero attached hydrogens (tertiary/aromatic N) is 1. The maximum Gasteiger partial charge on any atom is 0.323 e. The first-order valence-corrected chi connectivity index (χ1v) is 7.19. The highest BCUT2D eigenvalue weighted by Gasteiger charge is 2.13. The van der Waals surface area contributed by atoms with Gasteiger partial charge in [0.25, 0.3) is 5.69 Å². The van der Waals surface area contributed by atoms with Crippen LogP contribution in [0, 0.1) is 37.8 Å². The highest BCUT2D eigenvalue weighted by atomic mass is 16.6. The number of carbonyl (C=O) groups is 1. The third kappa shape index (κ3) is 3.85. The monoisotopic (exact) mass is 313 g/mol. The number of anilines is 2. The minimum absolute atomic E-state index is 0.0227. The lowest BCUT2D eigenvalue weighted by atomic mass is 10.1. The molecule has 0 unspecified atom stereocenters. The Morgan fingerprint density at radius 2 is 1.57 bits per heavy atom. The minimum atomic E-state index is -0.466. The van der Waals surface area contributed by atoms with Crippen LogP contribution in [0.15, 0.2) is 30.3 Å². The highest BCUT2D eigenvalue weighted by Crippen LogP contribution is 2.24. The third-order valence-corrected chi connectivity index (χ3v) is 3.58. The van der Waals surface area contributed by atoms with E-state index < -0.39 is 11.0 Å². The Hall–Kier alpha value is -2.89. The fourth-order valence-electron chi connectivity index (χ4n) is 2.54. The van der Waals surface area contributed by atoms with Gasteiger partial charge in [0.2, 0.25) is 0 Å². The van der Waals surface area contributed by atoms with E-state index in [-0.39, 0.29) is 5.69 Å². The molecule has 6 nitrogen and oxygen atoms in total. The maximum absolute atomic E-state index is 12.1.